The Bertz CT molecular complexity index is 1250. The van der Waals surface area contributed by atoms with Crippen LogP contribution in [0.1, 0.15) is 12.6 Å². The van der Waals surface area contributed by atoms with Crippen molar-refractivity contribution in [2.75, 3.05) is 6.54 Å². The van der Waals surface area contributed by atoms with Crippen LogP contribution in [0.4, 0.5) is 0 Å². The van der Waals surface area contributed by atoms with E-state index in [1.54, 1.807) is 31.2 Å². The number of carbonyl (C=O) groups is 1. The third-order valence-corrected chi connectivity index (χ3v) is 6.75. The maximum Gasteiger partial charge on any atom is 0.284 e. The van der Waals surface area contributed by atoms with Gasteiger partial charge in [-0.25, -0.2) is 4.98 Å². The maximum absolute atomic E-state index is 12.8. The summed E-state index contributed by atoms with van der Waals surface area (Å²) in [5, 5.41) is 1.15. The number of carbonyl (C=O) groups excluding carboxylic acids is 1. The number of rotatable bonds is 4. The number of benzene rings is 2. The molecule has 0 aliphatic carbocycles. The van der Waals surface area contributed by atoms with Gasteiger partial charge in [0.05, 0.1) is 21.0 Å². The normalized spacial score (nSPS) is 17.6. The number of amidine groups is 1. The molecule has 1 amide bonds. The van der Waals surface area contributed by atoms with Crippen LogP contribution in [0.3, 0.4) is 0 Å². The second kappa shape index (κ2) is 7.81. The molecule has 6 nitrogen and oxygen atoms in total. The zero-order valence-corrected chi connectivity index (χ0v) is 17.2. The van der Waals surface area contributed by atoms with Crippen molar-refractivity contribution < 1.29 is 13.2 Å². The Kier molecular flexibility index (Phi) is 5.21. The van der Waals surface area contributed by atoms with Crippen molar-refractivity contribution in [3.63, 3.8) is 0 Å². The molecule has 2 aromatic carbocycles. The van der Waals surface area contributed by atoms with Crippen LogP contribution < -0.4 is 0 Å². The number of likely N-dealkylation sites (N-methyl/N-ethyl adjacent to an activating group) is 1. The molecule has 146 valence electrons. The largest absolute Gasteiger partial charge is 0.286 e. The fourth-order valence-electron chi connectivity index (χ4n) is 2.90. The third-order valence-electron chi connectivity index (χ3n) is 4.34. The first-order chi connectivity index (χ1) is 14.0. The van der Waals surface area contributed by atoms with Gasteiger partial charge in [-0.1, -0.05) is 42.5 Å². The highest BCUT2D eigenvalue weighted by Crippen LogP contribution is 2.33. The summed E-state index contributed by atoms with van der Waals surface area (Å²) in [6.45, 7) is 2.10. The van der Waals surface area contributed by atoms with Crippen LogP contribution in [-0.4, -0.2) is 35.9 Å². The van der Waals surface area contributed by atoms with Gasteiger partial charge in [-0.15, -0.1) is 4.40 Å². The number of nitrogens with zero attached hydrogens (tertiary/aromatic N) is 3. The monoisotopic (exact) mass is 423 g/mol. The van der Waals surface area contributed by atoms with Crippen LogP contribution in [0.25, 0.3) is 17.0 Å². The Balaban J connectivity index is 1.70. The second-order valence-corrected chi connectivity index (χ2v) is 8.86. The molecule has 29 heavy (non-hydrogen) atoms. The first-order valence-electron chi connectivity index (χ1n) is 8.95. The lowest BCUT2D eigenvalue weighted by atomic mass is 10.2. The fourth-order valence-corrected chi connectivity index (χ4v) is 5.15. The van der Waals surface area contributed by atoms with Crippen LogP contribution in [0, 0.1) is 0 Å². The van der Waals surface area contributed by atoms with E-state index in [0.29, 0.717) is 17.1 Å². The lowest BCUT2D eigenvalue weighted by molar-refractivity contribution is -0.122. The molecule has 3 aromatic rings. The van der Waals surface area contributed by atoms with E-state index >= 15 is 0 Å². The molecule has 0 N–H and O–H groups in total. The maximum atomic E-state index is 12.8. The Labute approximate surface area is 173 Å². The zero-order chi connectivity index (χ0) is 20.4. The highest BCUT2D eigenvalue weighted by atomic mass is 32.2. The van der Waals surface area contributed by atoms with Gasteiger partial charge in [-0.2, -0.15) is 8.42 Å². The summed E-state index contributed by atoms with van der Waals surface area (Å²) < 4.78 is 29.1. The quantitative estimate of drug-likeness (QED) is 0.595. The van der Waals surface area contributed by atoms with Gasteiger partial charge in [0.2, 0.25) is 0 Å². The van der Waals surface area contributed by atoms with Gasteiger partial charge in [-0.3, -0.25) is 9.69 Å². The molecule has 0 unspecified atom stereocenters. The molecule has 1 fully saturated rings. The molecule has 1 aliphatic rings. The zero-order valence-electron chi connectivity index (χ0n) is 15.5. The molecule has 2 heterocycles. The molecule has 1 saturated heterocycles. The van der Waals surface area contributed by atoms with Crippen molar-refractivity contribution in [3.05, 3.63) is 77.3 Å². The van der Waals surface area contributed by atoms with Gasteiger partial charge in [0, 0.05) is 11.9 Å². The standard InChI is InChI=1S/C21H17N3O3S2/c1-2-24-20(25)19(14-16-13-12-15-8-6-7-11-18(15)22-16)28-21(24)23-29(26,27)17-9-4-3-5-10-17/h3-14H,2H2,1H3/b19-14-,23-21-. The fraction of sp³-hybridized carbons (Fsp3) is 0.0952. The van der Waals surface area contributed by atoms with Gasteiger partial charge in [-0.05, 0) is 49.0 Å². The van der Waals surface area contributed by atoms with Crippen molar-refractivity contribution in [1.29, 1.82) is 0 Å². The minimum Gasteiger partial charge on any atom is -0.286 e. The molecular formula is C21H17N3O3S2. The topological polar surface area (TPSA) is 79.7 Å². The lowest BCUT2D eigenvalue weighted by Gasteiger charge is -2.11. The number of fused-ring (bicyclic) bond motifs is 1. The summed E-state index contributed by atoms with van der Waals surface area (Å²) >= 11 is 1.04. The average molecular weight is 424 g/mol. The van der Waals surface area contributed by atoms with E-state index < -0.39 is 10.0 Å². The van der Waals surface area contributed by atoms with E-state index in [1.807, 2.05) is 36.4 Å². The number of hydrogen-bond acceptors (Lipinski definition) is 5. The predicted molar refractivity (Wildman–Crippen MR) is 116 cm³/mol. The highest BCUT2D eigenvalue weighted by molar-refractivity contribution is 8.19. The number of sulfonamides is 1. The Morgan fingerprint density at radius 2 is 1.76 bits per heavy atom. The van der Waals surface area contributed by atoms with Crippen molar-refractivity contribution in [3.8, 4) is 0 Å². The SMILES string of the molecule is CCN1C(=O)/C(=C/c2ccc3ccccc3n2)S/C1=N\S(=O)(=O)c1ccccc1. The first-order valence-corrected chi connectivity index (χ1v) is 11.2. The van der Waals surface area contributed by atoms with Gasteiger partial charge < -0.3 is 0 Å². The average Bonchev–Trinajstić information content (AvgIpc) is 3.02. The predicted octanol–water partition coefficient (Wildman–Crippen LogP) is 3.92. The minimum atomic E-state index is -3.90. The van der Waals surface area contributed by atoms with E-state index in [-0.39, 0.29) is 16.0 Å². The van der Waals surface area contributed by atoms with Gasteiger partial charge in [0.1, 0.15) is 0 Å². The van der Waals surface area contributed by atoms with Gasteiger partial charge >= 0.3 is 0 Å². The molecule has 0 radical (unpaired) electrons. The molecule has 8 heteroatoms. The van der Waals surface area contributed by atoms with E-state index in [1.165, 1.54) is 17.0 Å². The lowest BCUT2D eigenvalue weighted by Crippen LogP contribution is -2.29. The van der Waals surface area contributed by atoms with Crippen molar-refractivity contribution in [1.82, 2.24) is 9.88 Å². The van der Waals surface area contributed by atoms with Crippen LogP contribution in [0.2, 0.25) is 0 Å². The molecule has 1 aliphatic heterocycles. The Morgan fingerprint density at radius 1 is 1.03 bits per heavy atom. The van der Waals surface area contributed by atoms with Crippen LogP contribution >= 0.6 is 11.8 Å². The molecule has 4 rings (SSSR count). The van der Waals surface area contributed by atoms with Crippen LogP contribution in [-0.2, 0) is 14.8 Å². The number of thioether (sulfide) groups is 1. The molecule has 0 atom stereocenters. The second-order valence-electron chi connectivity index (χ2n) is 6.25. The Morgan fingerprint density at radius 3 is 2.52 bits per heavy atom. The molecule has 1 aromatic heterocycles. The number of pyridine rings is 1. The number of amides is 1. The van der Waals surface area contributed by atoms with Crippen LogP contribution in [0.5, 0.6) is 0 Å². The highest BCUT2D eigenvalue weighted by Gasteiger charge is 2.34. The minimum absolute atomic E-state index is 0.0882. The van der Waals surface area contributed by atoms with Gasteiger partial charge in [0.15, 0.2) is 5.17 Å². The van der Waals surface area contributed by atoms with Gasteiger partial charge in [0.25, 0.3) is 15.9 Å². The molecular weight excluding hydrogens is 406 g/mol. The smallest absolute Gasteiger partial charge is 0.284 e. The van der Waals surface area contributed by atoms with E-state index in [2.05, 4.69) is 9.38 Å². The molecule has 0 spiro atoms. The number of para-hydroxylation sites is 1. The first kappa shape index (κ1) is 19.4. The number of aromatic nitrogens is 1. The van der Waals surface area contributed by atoms with Crippen molar-refractivity contribution in [2.24, 2.45) is 4.40 Å². The molecule has 0 bridgehead atoms. The van der Waals surface area contributed by atoms with E-state index in [9.17, 15) is 13.2 Å². The Hall–Kier alpha value is -2.97. The summed E-state index contributed by atoms with van der Waals surface area (Å²) in [5.74, 6) is -0.283. The summed E-state index contributed by atoms with van der Waals surface area (Å²) in [6.07, 6.45) is 1.67. The number of hydrogen-bond donors (Lipinski definition) is 0. The van der Waals surface area contributed by atoms with E-state index in [0.717, 1.165) is 22.7 Å². The summed E-state index contributed by atoms with van der Waals surface area (Å²) in [4.78, 5) is 19.2. The van der Waals surface area contributed by atoms with Crippen molar-refractivity contribution >= 4 is 49.8 Å². The third kappa shape index (κ3) is 3.94. The van der Waals surface area contributed by atoms with E-state index in [4.69, 9.17) is 0 Å². The molecule has 0 saturated carbocycles. The summed E-state index contributed by atoms with van der Waals surface area (Å²) in [5.41, 5.74) is 1.45. The van der Waals surface area contributed by atoms with Crippen LogP contribution in [0.15, 0.2) is 80.9 Å². The summed E-state index contributed by atoms with van der Waals surface area (Å²) in [6, 6.07) is 19.4. The summed E-state index contributed by atoms with van der Waals surface area (Å²) in [7, 11) is -3.90. The van der Waals surface area contributed by atoms with Crippen molar-refractivity contribution in [2.45, 2.75) is 11.8 Å².